The van der Waals surface area contributed by atoms with E-state index in [2.05, 4.69) is 37.7 Å². The topological polar surface area (TPSA) is 94.5 Å². The van der Waals surface area contributed by atoms with Crippen molar-refractivity contribution < 1.29 is 19.1 Å². The molecule has 8 nitrogen and oxygen atoms in total. The van der Waals surface area contributed by atoms with Crippen LogP contribution in [-0.2, 0) is 9.59 Å². The van der Waals surface area contributed by atoms with Crippen molar-refractivity contribution in [2.75, 3.05) is 10.7 Å². The van der Waals surface area contributed by atoms with Gasteiger partial charge in [-0.2, -0.15) is 4.98 Å². The molecular weight excluding hydrogens is 544 g/mol. The highest BCUT2D eigenvalue weighted by Crippen LogP contribution is 2.46. The number of hydrogen-bond acceptors (Lipinski definition) is 8. The van der Waals surface area contributed by atoms with E-state index < -0.39 is 12.2 Å². The van der Waals surface area contributed by atoms with E-state index >= 15 is 0 Å². The molecule has 11 heteroatoms. The maximum Gasteiger partial charge on any atom is 0.308 e. The van der Waals surface area contributed by atoms with Crippen molar-refractivity contribution in [3.8, 4) is 22.9 Å². The molecule has 174 valence electrons. The molecule has 0 bridgehead atoms. The molecule has 1 aliphatic rings. The van der Waals surface area contributed by atoms with Crippen LogP contribution >= 0.6 is 39.3 Å². The van der Waals surface area contributed by atoms with E-state index in [-0.39, 0.29) is 17.5 Å². The second-order valence-corrected chi connectivity index (χ2v) is 9.40. The number of halogens is 2. The Morgan fingerprint density at radius 3 is 2.76 bits per heavy atom. The van der Waals surface area contributed by atoms with Gasteiger partial charge < -0.3 is 9.47 Å². The number of fused-ring (bicyclic) bond motifs is 3. The average molecular weight is 562 g/mol. The number of nitrogens with zero attached hydrogens (tertiary/aromatic N) is 4. The summed E-state index contributed by atoms with van der Waals surface area (Å²) < 4.78 is 12.2. The largest absolute Gasteiger partial charge is 0.447 e. The minimum Gasteiger partial charge on any atom is -0.447 e. The van der Waals surface area contributed by atoms with E-state index in [4.69, 9.17) is 21.1 Å². The standard InChI is InChI=1S/C23H18BrClN4O4S/c1-4-9-34-23-26-21-19(27-28-23)15-7-5-6-8-18(15)29(12(2)30)22(33-21)16-10-14(25)11-17(24)20(16)32-13(3)31/h4-8,10-11,22H,1,9H2,2-3H3/t22-/m1/s1. The number of carbonyl (C=O) groups is 2. The summed E-state index contributed by atoms with van der Waals surface area (Å²) >= 11 is 11.1. The van der Waals surface area contributed by atoms with Gasteiger partial charge in [0.15, 0.2) is 11.4 Å². The lowest BCUT2D eigenvalue weighted by Crippen LogP contribution is -2.36. The second-order valence-electron chi connectivity index (χ2n) is 7.12. The minimum absolute atomic E-state index is 0.174. The van der Waals surface area contributed by atoms with Gasteiger partial charge in [0, 0.05) is 30.2 Å². The van der Waals surface area contributed by atoms with Crippen LogP contribution in [0.3, 0.4) is 0 Å². The first-order chi connectivity index (χ1) is 16.3. The number of hydrogen-bond donors (Lipinski definition) is 0. The fourth-order valence-electron chi connectivity index (χ4n) is 3.46. The summed E-state index contributed by atoms with van der Waals surface area (Å²) in [7, 11) is 0. The van der Waals surface area contributed by atoms with E-state index in [1.54, 1.807) is 30.3 Å². The molecular formula is C23H18BrClN4O4S. The van der Waals surface area contributed by atoms with E-state index in [9.17, 15) is 9.59 Å². The van der Waals surface area contributed by atoms with Crippen molar-refractivity contribution in [3.63, 3.8) is 0 Å². The first kappa shape index (κ1) is 24.2. The zero-order chi connectivity index (χ0) is 24.4. The van der Waals surface area contributed by atoms with Crippen LogP contribution in [0.2, 0.25) is 5.02 Å². The number of carbonyl (C=O) groups excluding carboxylic acids is 2. The van der Waals surface area contributed by atoms with Crippen LogP contribution < -0.4 is 14.4 Å². The molecule has 1 amide bonds. The maximum absolute atomic E-state index is 13.0. The van der Waals surface area contributed by atoms with Gasteiger partial charge in [-0.05, 0) is 34.1 Å². The van der Waals surface area contributed by atoms with Crippen molar-refractivity contribution in [1.29, 1.82) is 0 Å². The van der Waals surface area contributed by atoms with Crippen LogP contribution in [0.25, 0.3) is 11.3 Å². The number of esters is 1. The Kier molecular flexibility index (Phi) is 7.20. The highest BCUT2D eigenvalue weighted by atomic mass is 79.9. The molecule has 2 heterocycles. The number of thioether (sulfide) groups is 1. The van der Waals surface area contributed by atoms with Crippen LogP contribution in [0, 0.1) is 0 Å². The van der Waals surface area contributed by atoms with Crippen molar-refractivity contribution in [1.82, 2.24) is 15.2 Å². The van der Waals surface area contributed by atoms with Crippen molar-refractivity contribution in [2.45, 2.75) is 25.2 Å². The molecule has 0 spiro atoms. The van der Waals surface area contributed by atoms with Crippen molar-refractivity contribution in [3.05, 3.63) is 64.1 Å². The third kappa shape index (κ3) is 4.79. The molecule has 0 unspecified atom stereocenters. The summed E-state index contributed by atoms with van der Waals surface area (Å²) in [5.41, 5.74) is 1.88. The predicted molar refractivity (Wildman–Crippen MR) is 133 cm³/mol. The monoisotopic (exact) mass is 560 g/mol. The molecule has 4 rings (SSSR count). The molecule has 0 saturated carbocycles. The Hall–Kier alpha value is -2.95. The van der Waals surface area contributed by atoms with Gasteiger partial charge in [-0.15, -0.1) is 16.8 Å². The van der Waals surface area contributed by atoms with E-state index in [1.165, 1.54) is 30.5 Å². The van der Waals surface area contributed by atoms with Crippen LogP contribution in [-0.4, -0.2) is 32.8 Å². The molecule has 0 saturated heterocycles. The van der Waals surface area contributed by atoms with Gasteiger partial charge in [-0.1, -0.05) is 47.6 Å². The van der Waals surface area contributed by atoms with Gasteiger partial charge in [0.25, 0.3) is 0 Å². The predicted octanol–water partition coefficient (Wildman–Crippen LogP) is 5.60. The number of amides is 1. The Morgan fingerprint density at radius 1 is 1.29 bits per heavy atom. The molecule has 34 heavy (non-hydrogen) atoms. The molecule has 1 aromatic heterocycles. The lowest BCUT2D eigenvalue weighted by molar-refractivity contribution is -0.132. The molecule has 1 aliphatic heterocycles. The molecule has 0 fully saturated rings. The maximum atomic E-state index is 13.0. The quantitative estimate of drug-likeness (QED) is 0.172. The van der Waals surface area contributed by atoms with E-state index in [0.717, 1.165) is 0 Å². The normalized spacial score (nSPS) is 14.4. The highest BCUT2D eigenvalue weighted by molar-refractivity contribution is 9.10. The number of aromatic nitrogens is 3. The van der Waals surface area contributed by atoms with Crippen LogP contribution in [0.1, 0.15) is 25.6 Å². The molecule has 1 atom stereocenters. The zero-order valence-corrected chi connectivity index (χ0v) is 21.3. The van der Waals surface area contributed by atoms with Crippen LogP contribution in [0.15, 0.2) is 58.7 Å². The lowest BCUT2D eigenvalue weighted by Gasteiger charge is -2.31. The number of ether oxygens (including phenoxy) is 2. The fourth-order valence-corrected chi connectivity index (χ4v) is 4.89. The van der Waals surface area contributed by atoms with Gasteiger partial charge in [0.1, 0.15) is 0 Å². The van der Waals surface area contributed by atoms with Gasteiger partial charge in [0.05, 0.1) is 15.7 Å². The SMILES string of the molecule is C=CCSc1nnc2c(n1)O[C@H](c1cc(Cl)cc(Br)c1OC(C)=O)N(C(C)=O)c1ccccc1-2. The molecule has 0 radical (unpaired) electrons. The third-order valence-electron chi connectivity index (χ3n) is 4.73. The van der Waals surface area contributed by atoms with Gasteiger partial charge in [-0.25, -0.2) is 0 Å². The molecule has 2 aromatic carbocycles. The molecule has 0 N–H and O–H groups in total. The van der Waals surface area contributed by atoms with Crippen LogP contribution in [0.5, 0.6) is 11.6 Å². The van der Waals surface area contributed by atoms with Crippen molar-refractivity contribution in [2.24, 2.45) is 0 Å². The summed E-state index contributed by atoms with van der Waals surface area (Å²) in [6.07, 6.45) is 0.656. The number of rotatable bonds is 5. The molecule has 0 aliphatic carbocycles. The average Bonchev–Trinajstić information content (AvgIpc) is 2.93. The first-order valence-corrected chi connectivity index (χ1v) is 12.2. The molecule has 3 aromatic rings. The second kappa shape index (κ2) is 10.1. The van der Waals surface area contributed by atoms with Crippen LogP contribution in [0.4, 0.5) is 5.69 Å². The first-order valence-electron chi connectivity index (χ1n) is 10.0. The summed E-state index contributed by atoms with van der Waals surface area (Å²) in [5.74, 6) is 0.0762. The smallest absolute Gasteiger partial charge is 0.308 e. The van der Waals surface area contributed by atoms with E-state index in [0.29, 0.717) is 42.9 Å². The lowest BCUT2D eigenvalue weighted by atomic mass is 10.1. The fraction of sp³-hybridized carbons (Fsp3) is 0.174. The summed E-state index contributed by atoms with van der Waals surface area (Å²) in [6.45, 7) is 6.41. The summed E-state index contributed by atoms with van der Waals surface area (Å²) in [4.78, 5) is 30.8. The Balaban J connectivity index is 1.98. The van der Waals surface area contributed by atoms with Crippen molar-refractivity contribution >= 4 is 56.9 Å². The number of para-hydroxylation sites is 1. The Morgan fingerprint density at radius 2 is 2.06 bits per heavy atom. The Bertz CT molecular complexity index is 1310. The van der Waals surface area contributed by atoms with Gasteiger partial charge in [-0.3, -0.25) is 14.5 Å². The van der Waals surface area contributed by atoms with E-state index in [1.807, 2.05) is 12.1 Å². The number of benzene rings is 2. The third-order valence-corrected chi connectivity index (χ3v) is 6.37. The number of anilines is 1. The summed E-state index contributed by atoms with van der Waals surface area (Å²) in [6, 6.07) is 10.4. The highest BCUT2D eigenvalue weighted by Gasteiger charge is 2.37. The summed E-state index contributed by atoms with van der Waals surface area (Å²) in [5, 5.41) is 9.29. The van der Waals surface area contributed by atoms with Gasteiger partial charge >= 0.3 is 5.97 Å². The zero-order valence-electron chi connectivity index (χ0n) is 18.1. The minimum atomic E-state index is -1.07. The Labute approximate surface area is 213 Å². The van der Waals surface area contributed by atoms with Gasteiger partial charge in [0.2, 0.25) is 23.2 Å².